The van der Waals surface area contributed by atoms with E-state index in [1.54, 1.807) is 30.8 Å². The summed E-state index contributed by atoms with van der Waals surface area (Å²) in [5.74, 6) is 1.32. The molecule has 0 bridgehead atoms. The normalized spacial score (nSPS) is 10.9. The lowest BCUT2D eigenvalue weighted by Crippen LogP contribution is -2.16. The lowest BCUT2D eigenvalue weighted by molar-refractivity contribution is 0.102. The highest BCUT2D eigenvalue weighted by Gasteiger charge is 2.16. The molecule has 0 unspecified atom stereocenters. The third-order valence-electron chi connectivity index (χ3n) is 4.61. The Morgan fingerprint density at radius 3 is 2.83 bits per heavy atom. The number of imidazole rings is 1. The Kier molecular flexibility index (Phi) is 5.94. The molecule has 0 aliphatic carbocycles. The molecule has 0 atom stereocenters. The Hall–Kier alpha value is -3.39. The van der Waals surface area contributed by atoms with Gasteiger partial charge in [-0.2, -0.15) is 0 Å². The number of fused-ring (bicyclic) bond motifs is 1. The number of para-hydroxylation sites is 2. The second-order valence-corrected chi connectivity index (χ2v) is 7.38. The van der Waals surface area contributed by atoms with E-state index in [0.29, 0.717) is 29.6 Å². The number of thiazole rings is 1. The Morgan fingerprint density at radius 2 is 2.07 bits per heavy atom. The zero-order valence-corrected chi connectivity index (χ0v) is 17.6. The molecule has 8 heteroatoms. The molecule has 0 spiro atoms. The van der Waals surface area contributed by atoms with Crippen LogP contribution in [0.2, 0.25) is 0 Å². The fourth-order valence-corrected chi connectivity index (χ4v) is 3.73. The molecular formula is C22H22N4O3S. The molecule has 2 aromatic carbocycles. The van der Waals surface area contributed by atoms with Crippen molar-refractivity contribution in [3.05, 3.63) is 64.6 Å². The number of hydrogen-bond donors (Lipinski definition) is 1. The van der Waals surface area contributed by atoms with Crippen molar-refractivity contribution >= 4 is 34.2 Å². The van der Waals surface area contributed by atoms with Crippen molar-refractivity contribution in [2.75, 3.05) is 12.4 Å². The predicted molar refractivity (Wildman–Crippen MR) is 117 cm³/mol. The molecule has 0 aliphatic heterocycles. The van der Waals surface area contributed by atoms with Gasteiger partial charge in [0, 0.05) is 17.5 Å². The van der Waals surface area contributed by atoms with E-state index >= 15 is 0 Å². The van der Waals surface area contributed by atoms with E-state index in [2.05, 4.69) is 22.2 Å². The molecule has 2 heterocycles. The van der Waals surface area contributed by atoms with E-state index in [4.69, 9.17) is 9.47 Å². The van der Waals surface area contributed by atoms with Crippen LogP contribution in [0.3, 0.4) is 0 Å². The van der Waals surface area contributed by atoms with Gasteiger partial charge >= 0.3 is 0 Å². The number of ether oxygens (including phenoxy) is 2. The average Bonchev–Trinajstić information content (AvgIpc) is 3.41. The Balaban J connectivity index is 1.55. The largest absolute Gasteiger partial charge is 0.493 e. The number of rotatable bonds is 8. The maximum absolute atomic E-state index is 12.9. The van der Waals surface area contributed by atoms with Gasteiger partial charge < -0.3 is 14.0 Å². The zero-order chi connectivity index (χ0) is 20.9. The van der Waals surface area contributed by atoms with Crippen LogP contribution >= 0.6 is 11.3 Å². The van der Waals surface area contributed by atoms with Crippen LogP contribution in [0.5, 0.6) is 11.5 Å². The van der Waals surface area contributed by atoms with E-state index in [1.165, 1.54) is 11.3 Å². The third kappa shape index (κ3) is 4.13. The minimum atomic E-state index is -0.257. The SMILES string of the molecule is CCCn1c(NC(=O)c2ccc(OCc3cscn3)c(OC)c2)nc2ccccc21. The summed E-state index contributed by atoms with van der Waals surface area (Å²) in [6.07, 6.45) is 0.933. The fourth-order valence-electron chi connectivity index (χ4n) is 3.18. The van der Waals surface area contributed by atoms with Crippen molar-refractivity contribution < 1.29 is 14.3 Å². The smallest absolute Gasteiger partial charge is 0.258 e. The van der Waals surface area contributed by atoms with Crippen molar-refractivity contribution in [2.24, 2.45) is 0 Å². The van der Waals surface area contributed by atoms with Gasteiger partial charge in [0.2, 0.25) is 5.95 Å². The van der Waals surface area contributed by atoms with Crippen molar-refractivity contribution in [3.8, 4) is 11.5 Å². The van der Waals surface area contributed by atoms with Gasteiger partial charge in [0.15, 0.2) is 11.5 Å². The quantitative estimate of drug-likeness (QED) is 0.444. The molecule has 0 saturated carbocycles. The van der Waals surface area contributed by atoms with Gasteiger partial charge in [0.05, 0.1) is 29.3 Å². The first kappa shape index (κ1) is 19.9. The Bertz CT molecular complexity index is 1150. The molecule has 154 valence electrons. The average molecular weight is 423 g/mol. The number of aromatic nitrogens is 3. The second-order valence-electron chi connectivity index (χ2n) is 6.66. The number of carbonyl (C=O) groups excluding carboxylic acids is 1. The van der Waals surface area contributed by atoms with E-state index < -0.39 is 0 Å². The molecule has 1 N–H and O–H groups in total. The monoisotopic (exact) mass is 422 g/mol. The zero-order valence-electron chi connectivity index (χ0n) is 16.8. The highest BCUT2D eigenvalue weighted by Crippen LogP contribution is 2.29. The minimum absolute atomic E-state index is 0.257. The van der Waals surface area contributed by atoms with E-state index in [-0.39, 0.29) is 5.91 Å². The summed E-state index contributed by atoms with van der Waals surface area (Å²) in [4.78, 5) is 21.7. The van der Waals surface area contributed by atoms with Crippen LogP contribution in [0.25, 0.3) is 11.0 Å². The number of carbonyl (C=O) groups is 1. The molecule has 0 radical (unpaired) electrons. The maximum atomic E-state index is 12.9. The lowest BCUT2D eigenvalue weighted by atomic mass is 10.2. The fraction of sp³-hybridized carbons (Fsp3) is 0.227. The summed E-state index contributed by atoms with van der Waals surface area (Å²) in [5, 5.41) is 4.86. The van der Waals surface area contributed by atoms with Crippen molar-refractivity contribution in [3.63, 3.8) is 0 Å². The van der Waals surface area contributed by atoms with Crippen LogP contribution in [0.1, 0.15) is 29.4 Å². The van der Waals surface area contributed by atoms with E-state index in [1.807, 2.05) is 34.2 Å². The maximum Gasteiger partial charge on any atom is 0.258 e. The highest BCUT2D eigenvalue weighted by atomic mass is 32.1. The van der Waals surface area contributed by atoms with Crippen LogP contribution in [-0.2, 0) is 13.2 Å². The Labute approximate surface area is 178 Å². The van der Waals surface area contributed by atoms with Gasteiger partial charge in [-0.05, 0) is 36.8 Å². The van der Waals surface area contributed by atoms with Crippen LogP contribution in [-0.4, -0.2) is 27.6 Å². The highest BCUT2D eigenvalue weighted by molar-refractivity contribution is 7.07. The van der Waals surface area contributed by atoms with Crippen molar-refractivity contribution in [1.82, 2.24) is 14.5 Å². The minimum Gasteiger partial charge on any atom is -0.493 e. The number of amides is 1. The second kappa shape index (κ2) is 8.96. The first-order valence-corrected chi connectivity index (χ1v) is 10.6. The van der Waals surface area contributed by atoms with Crippen LogP contribution in [0.15, 0.2) is 53.4 Å². The topological polar surface area (TPSA) is 78.3 Å². The van der Waals surface area contributed by atoms with E-state index in [9.17, 15) is 4.79 Å². The number of benzene rings is 2. The molecule has 1 amide bonds. The number of nitrogens with zero attached hydrogens (tertiary/aromatic N) is 3. The van der Waals surface area contributed by atoms with Gasteiger partial charge in [-0.15, -0.1) is 11.3 Å². The van der Waals surface area contributed by atoms with Gasteiger partial charge in [-0.25, -0.2) is 9.97 Å². The Morgan fingerprint density at radius 1 is 1.20 bits per heavy atom. The van der Waals surface area contributed by atoms with Crippen LogP contribution < -0.4 is 14.8 Å². The summed E-state index contributed by atoms with van der Waals surface area (Å²) in [6.45, 7) is 3.20. The first-order valence-electron chi connectivity index (χ1n) is 9.64. The molecule has 2 aromatic heterocycles. The molecule has 0 fully saturated rings. The predicted octanol–water partition coefficient (Wildman–Crippen LogP) is 4.74. The van der Waals surface area contributed by atoms with Crippen molar-refractivity contribution in [2.45, 2.75) is 26.5 Å². The molecule has 0 saturated heterocycles. The third-order valence-corrected chi connectivity index (χ3v) is 5.25. The lowest BCUT2D eigenvalue weighted by Gasteiger charge is -2.12. The summed E-state index contributed by atoms with van der Waals surface area (Å²) < 4.78 is 13.2. The summed E-state index contributed by atoms with van der Waals surface area (Å²) in [6, 6.07) is 13.0. The van der Waals surface area contributed by atoms with Crippen molar-refractivity contribution in [1.29, 1.82) is 0 Å². The van der Waals surface area contributed by atoms with Gasteiger partial charge in [0.25, 0.3) is 5.91 Å². The number of anilines is 1. The van der Waals surface area contributed by atoms with Gasteiger partial charge in [0.1, 0.15) is 6.61 Å². The molecule has 30 heavy (non-hydrogen) atoms. The summed E-state index contributed by atoms with van der Waals surface area (Å²) >= 11 is 1.51. The molecule has 7 nitrogen and oxygen atoms in total. The van der Waals surface area contributed by atoms with E-state index in [0.717, 1.165) is 29.7 Å². The molecule has 4 rings (SSSR count). The summed E-state index contributed by atoms with van der Waals surface area (Å²) in [5.41, 5.74) is 4.92. The van der Waals surface area contributed by atoms with Crippen LogP contribution in [0.4, 0.5) is 5.95 Å². The number of hydrogen-bond acceptors (Lipinski definition) is 6. The summed E-state index contributed by atoms with van der Waals surface area (Å²) in [7, 11) is 1.55. The number of nitrogens with one attached hydrogen (secondary N) is 1. The molecular weight excluding hydrogens is 400 g/mol. The standard InChI is InChI=1S/C22H22N4O3S/c1-3-10-26-18-7-5-4-6-17(18)24-22(26)25-21(27)15-8-9-19(20(11-15)28-2)29-12-16-13-30-14-23-16/h4-9,11,13-14H,3,10,12H2,1-2H3,(H,24,25,27). The molecule has 0 aliphatic rings. The first-order chi connectivity index (χ1) is 14.7. The number of methoxy groups -OCH3 is 1. The van der Waals surface area contributed by atoms with Gasteiger partial charge in [-0.3, -0.25) is 10.1 Å². The number of aryl methyl sites for hydroxylation is 1. The molecule has 4 aromatic rings. The van der Waals surface area contributed by atoms with Crippen LogP contribution in [0, 0.1) is 0 Å². The van der Waals surface area contributed by atoms with Gasteiger partial charge in [-0.1, -0.05) is 19.1 Å².